The van der Waals surface area contributed by atoms with Crippen molar-refractivity contribution in [2.75, 3.05) is 39.5 Å². The van der Waals surface area contributed by atoms with E-state index in [4.69, 9.17) is 32.7 Å². The molecule has 8 heteroatoms. The van der Waals surface area contributed by atoms with Crippen molar-refractivity contribution < 1.29 is 14.3 Å². The molecular weight excluding hydrogens is 377 g/mol. The summed E-state index contributed by atoms with van der Waals surface area (Å²) in [4.78, 5) is 14.3. The van der Waals surface area contributed by atoms with Crippen molar-refractivity contribution in [2.24, 2.45) is 0 Å². The fraction of sp³-hybridized carbons (Fsp3) is 0.611. The van der Waals surface area contributed by atoms with Gasteiger partial charge in [-0.1, -0.05) is 29.3 Å². The van der Waals surface area contributed by atoms with E-state index in [0.717, 1.165) is 38.0 Å². The monoisotopic (exact) mass is 401 g/mol. The number of carbonyl (C=O) groups excluding carboxylic acids is 1. The smallest absolute Gasteiger partial charge is 0.315 e. The van der Waals surface area contributed by atoms with Crippen LogP contribution in [0, 0.1) is 0 Å². The molecule has 1 aromatic rings. The Morgan fingerprint density at radius 3 is 2.77 bits per heavy atom. The van der Waals surface area contributed by atoms with Gasteiger partial charge in [-0.05, 0) is 30.5 Å². The highest BCUT2D eigenvalue weighted by molar-refractivity contribution is 6.42. The van der Waals surface area contributed by atoms with Gasteiger partial charge >= 0.3 is 6.03 Å². The molecule has 6 nitrogen and oxygen atoms in total. The molecule has 2 aliphatic heterocycles. The number of halogens is 2. The molecule has 0 aromatic heterocycles. The number of rotatable bonds is 5. The third kappa shape index (κ3) is 5.99. The Balaban J connectivity index is 1.41. The zero-order valence-electron chi connectivity index (χ0n) is 14.7. The van der Waals surface area contributed by atoms with Gasteiger partial charge in [0.2, 0.25) is 0 Å². The molecule has 2 N–H and O–H groups in total. The minimum atomic E-state index is -0.137. The molecule has 2 amide bonds. The summed E-state index contributed by atoms with van der Waals surface area (Å²) in [7, 11) is 0. The summed E-state index contributed by atoms with van der Waals surface area (Å²) in [6.07, 6.45) is 1.71. The predicted molar refractivity (Wildman–Crippen MR) is 102 cm³/mol. The van der Waals surface area contributed by atoms with Crippen LogP contribution in [-0.4, -0.2) is 62.5 Å². The molecule has 0 aliphatic carbocycles. The molecule has 1 unspecified atom stereocenters. The molecule has 0 spiro atoms. The molecule has 0 saturated carbocycles. The lowest BCUT2D eigenvalue weighted by molar-refractivity contribution is -0.0287. The lowest BCUT2D eigenvalue weighted by Crippen LogP contribution is -2.50. The van der Waals surface area contributed by atoms with Crippen molar-refractivity contribution in [1.29, 1.82) is 0 Å². The van der Waals surface area contributed by atoms with Crippen LogP contribution in [0.2, 0.25) is 10.0 Å². The topological polar surface area (TPSA) is 62.8 Å². The molecule has 3 rings (SSSR count). The van der Waals surface area contributed by atoms with Crippen LogP contribution in [0.5, 0.6) is 0 Å². The summed E-state index contributed by atoms with van der Waals surface area (Å²) in [6.45, 7) is 4.96. The molecule has 2 fully saturated rings. The minimum Gasteiger partial charge on any atom is -0.381 e. The number of morpholine rings is 1. The number of hydrogen-bond donors (Lipinski definition) is 2. The van der Waals surface area contributed by atoms with Crippen LogP contribution in [0.25, 0.3) is 0 Å². The number of nitrogens with zero attached hydrogens (tertiary/aromatic N) is 1. The zero-order chi connectivity index (χ0) is 18.4. The predicted octanol–water partition coefficient (Wildman–Crippen LogP) is 2.67. The van der Waals surface area contributed by atoms with Gasteiger partial charge in [-0.3, -0.25) is 4.90 Å². The zero-order valence-corrected chi connectivity index (χ0v) is 16.2. The van der Waals surface area contributed by atoms with E-state index in [1.807, 2.05) is 18.2 Å². The Kier molecular flexibility index (Phi) is 7.40. The fourth-order valence-electron chi connectivity index (χ4n) is 3.23. The Morgan fingerprint density at radius 1 is 1.19 bits per heavy atom. The molecule has 26 heavy (non-hydrogen) atoms. The summed E-state index contributed by atoms with van der Waals surface area (Å²) in [5.41, 5.74) is 1.12. The van der Waals surface area contributed by atoms with E-state index in [-0.39, 0.29) is 18.2 Å². The first-order valence-corrected chi connectivity index (χ1v) is 9.76. The number of hydrogen-bond acceptors (Lipinski definition) is 4. The van der Waals surface area contributed by atoms with Gasteiger partial charge < -0.3 is 20.1 Å². The highest BCUT2D eigenvalue weighted by Crippen LogP contribution is 2.23. The third-order valence-corrected chi connectivity index (χ3v) is 5.40. The molecule has 2 saturated heterocycles. The average molecular weight is 402 g/mol. The Morgan fingerprint density at radius 2 is 2.00 bits per heavy atom. The van der Waals surface area contributed by atoms with Crippen LogP contribution >= 0.6 is 23.2 Å². The van der Waals surface area contributed by atoms with Gasteiger partial charge in [-0.15, -0.1) is 0 Å². The summed E-state index contributed by atoms with van der Waals surface area (Å²) in [6, 6.07) is 5.76. The van der Waals surface area contributed by atoms with E-state index in [0.29, 0.717) is 36.4 Å². The Bertz CT molecular complexity index is 611. The highest BCUT2D eigenvalue weighted by Gasteiger charge is 2.22. The second-order valence-corrected chi connectivity index (χ2v) is 7.53. The van der Waals surface area contributed by atoms with Gasteiger partial charge in [0, 0.05) is 45.4 Å². The Labute approximate surface area is 164 Å². The molecule has 2 heterocycles. The van der Waals surface area contributed by atoms with Gasteiger partial charge in [0.1, 0.15) is 0 Å². The van der Waals surface area contributed by atoms with Crippen LogP contribution in [0.3, 0.4) is 0 Å². The van der Waals surface area contributed by atoms with Crippen LogP contribution < -0.4 is 10.6 Å². The summed E-state index contributed by atoms with van der Waals surface area (Å²) in [5, 5.41) is 7.05. The second-order valence-electron chi connectivity index (χ2n) is 6.72. The van der Waals surface area contributed by atoms with Crippen LogP contribution in [0.15, 0.2) is 18.2 Å². The maximum Gasteiger partial charge on any atom is 0.315 e. The molecule has 144 valence electrons. The first-order chi connectivity index (χ1) is 12.6. The standard InChI is InChI=1S/C18H25Cl2N3O3/c19-16-2-1-13(9-17(16)20)11-23-5-8-26-15(12-23)10-21-18(24)22-14-3-6-25-7-4-14/h1-2,9,14-15H,3-8,10-12H2,(H2,21,22,24). The van der Waals surface area contributed by atoms with E-state index in [1.54, 1.807) is 0 Å². The maximum atomic E-state index is 12.0. The van der Waals surface area contributed by atoms with Crippen molar-refractivity contribution >= 4 is 29.2 Å². The van der Waals surface area contributed by atoms with E-state index in [9.17, 15) is 4.79 Å². The molecule has 2 aliphatic rings. The second kappa shape index (κ2) is 9.76. The first-order valence-electron chi connectivity index (χ1n) is 9.00. The number of amides is 2. The minimum absolute atomic E-state index is 0.0213. The van der Waals surface area contributed by atoms with Crippen molar-refractivity contribution in [1.82, 2.24) is 15.5 Å². The summed E-state index contributed by atoms with van der Waals surface area (Å²) < 4.78 is 11.1. The first kappa shape index (κ1) is 19.7. The van der Waals surface area contributed by atoms with Crippen molar-refractivity contribution in [3.05, 3.63) is 33.8 Å². The van der Waals surface area contributed by atoms with E-state index >= 15 is 0 Å². The number of benzene rings is 1. The molecule has 0 bridgehead atoms. The number of urea groups is 1. The third-order valence-electron chi connectivity index (χ3n) is 4.66. The molecule has 1 atom stereocenters. The van der Waals surface area contributed by atoms with Crippen molar-refractivity contribution in [3.8, 4) is 0 Å². The number of ether oxygens (including phenoxy) is 2. The van der Waals surface area contributed by atoms with Gasteiger partial charge in [0.25, 0.3) is 0 Å². The van der Waals surface area contributed by atoms with E-state index < -0.39 is 0 Å². The molecule has 0 radical (unpaired) electrons. The summed E-state index contributed by atoms with van der Waals surface area (Å²) >= 11 is 12.1. The van der Waals surface area contributed by atoms with E-state index in [1.165, 1.54) is 0 Å². The largest absolute Gasteiger partial charge is 0.381 e. The fourth-order valence-corrected chi connectivity index (χ4v) is 3.55. The lowest BCUT2D eigenvalue weighted by atomic mass is 10.1. The highest BCUT2D eigenvalue weighted by atomic mass is 35.5. The molecule has 1 aromatic carbocycles. The van der Waals surface area contributed by atoms with E-state index in [2.05, 4.69) is 15.5 Å². The number of carbonyl (C=O) groups is 1. The quantitative estimate of drug-likeness (QED) is 0.795. The van der Waals surface area contributed by atoms with Crippen LogP contribution in [0.4, 0.5) is 4.79 Å². The van der Waals surface area contributed by atoms with Gasteiger partial charge in [0.05, 0.1) is 22.8 Å². The van der Waals surface area contributed by atoms with Crippen molar-refractivity contribution in [3.63, 3.8) is 0 Å². The van der Waals surface area contributed by atoms with Gasteiger partial charge in [0.15, 0.2) is 0 Å². The number of nitrogens with one attached hydrogen (secondary N) is 2. The van der Waals surface area contributed by atoms with Crippen LogP contribution in [-0.2, 0) is 16.0 Å². The lowest BCUT2D eigenvalue weighted by Gasteiger charge is -2.33. The summed E-state index contributed by atoms with van der Waals surface area (Å²) in [5.74, 6) is 0. The van der Waals surface area contributed by atoms with Gasteiger partial charge in [-0.2, -0.15) is 0 Å². The van der Waals surface area contributed by atoms with Gasteiger partial charge in [-0.25, -0.2) is 4.79 Å². The van der Waals surface area contributed by atoms with Crippen LogP contribution in [0.1, 0.15) is 18.4 Å². The van der Waals surface area contributed by atoms with Crippen molar-refractivity contribution in [2.45, 2.75) is 31.5 Å². The molecular formula is C18H25Cl2N3O3. The average Bonchev–Trinajstić information content (AvgIpc) is 2.64. The maximum absolute atomic E-state index is 12.0. The normalized spacial score (nSPS) is 22.2. The SMILES string of the molecule is O=C(NCC1CN(Cc2ccc(Cl)c(Cl)c2)CCO1)NC1CCOCC1. The Hall–Kier alpha value is -1.05.